The Labute approximate surface area is 140 Å². The second-order valence-corrected chi connectivity index (χ2v) is 6.47. The Balaban J connectivity index is 1.78. The number of hydrogen-bond donors (Lipinski definition) is 0. The molecule has 24 heavy (non-hydrogen) atoms. The average molecular weight is 331 g/mol. The Morgan fingerprint density at radius 3 is 2.54 bits per heavy atom. The zero-order valence-electron chi connectivity index (χ0n) is 14.0. The van der Waals surface area contributed by atoms with Crippen LogP contribution in [0.5, 0.6) is 0 Å². The lowest BCUT2D eigenvalue weighted by molar-refractivity contribution is 0.237. The van der Waals surface area contributed by atoms with Crippen molar-refractivity contribution in [1.82, 2.24) is 14.0 Å². The van der Waals surface area contributed by atoms with Crippen molar-refractivity contribution in [3.63, 3.8) is 0 Å². The topological polar surface area (TPSA) is 47.2 Å². The second kappa shape index (κ2) is 6.73. The fraction of sp³-hybridized carbons (Fsp3) is 0.444. The maximum Gasteiger partial charge on any atom is 0.330 e. The van der Waals surface area contributed by atoms with Gasteiger partial charge in [-0.3, -0.25) is 18.8 Å². The molecule has 1 aliphatic rings. The summed E-state index contributed by atoms with van der Waals surface area (Å²) < 4.78 is 15.7. The molecule has 1 saturated heterocycles. The molecule has 0 radical (unpaired) electrons. The van der Waals surface area contributed by atoms with Crippen molar-refractivity contribution in [2.45, 2.75) is 31.8 Å². The Morgan fingerprint density at radius 1 is 1.12 bits per heavy atom. The highest BCUT2D eigenvalue weighted by molar-refractivity contribution is 5.17. The van der Waals surface area contributed by atoms with Gasteiger partial charge in [0.1, 0.15) is 5.82 Å². The van der Waals surface area contributed by atoms with Crippen LogP contribution in [-0.4, -0.2) is 26.6 Å². The average Bonchev–Trinajstić information content (AvgIpc) is 2.99. The van der Waals surface area contributed by atoms with Crippen LogP contribution in [0.25, 0.3) is 0 Å². The molecule has 0 aliphatic carbocycles. The molecule has 6 heteroatoms. The maximum absolute atomic E-state index is 13.0. The van der Waals surface area contributed by atoms with Crippen LogP contribution in [0, 0.1) is 5.82 Å². The van der Waals surface area contributed by atoms with Gasteiger partial charge in [-0.2, -0.15) is 0 Å². The van der Waals surface area contributed by atoms with Crippen LogP contribution < -0.4 is 11.2 Å². The Morgan fingerprint density at radius 2 is 1.83 bits per heavy atom. The van der Waals surface area contributed by atoms with E-state index in [2.05, 4.69) is 4.90 Å². The number of rotatable bonds is 4. The molecule has 1 aromatic heterocycles. The van der Waals surface area contributed by atoms with Gasteiger partial charge in [-0.05, 0) is 43.5 Å². The predicted octanol–water partition coefficient (Wildman–Crippen LogP) is 1.43. The highest BCUT2D eigenvalue weighted by atomic mass is 19.1. The van der Waals surface area contributed by atoms with E-state index in [0.29, 0.717) is 12.6 Å². The van der Waals surface area contributed by atoms with Gasteiger partial charge in [0.15, 0.2) is 0 Å². The van der Waals surface area contributed by atoms with E-state index in [4.69, 9.17) is 0 Å². The van der Waals surface area contributed by atoms with E-state index in [0.717, 1.165) is 41.6 Å². The summed E-state index contributed by atoms with van der Waals surface area (Å²) in [6.07, 6.45) is 3.00. The van der Waals surface area contributed by atoms with Crippen molar-refractivity contribution in [2.75, 3.05) is 6.54 Å². The van der Waals surface area contributed by atoms with Crippen LogP contribution in [0.3, 0.4) is 0 Å². The van der Waals surface area contributed by atoms with Gasteiger partial charge < -0.3 is 0 Å². The quantitative estimate of drug-likeness (QED) is 0.851. The van der Waals surface area contributed by atoms with Crippen molar-refractivity contribution in [2.24, 2.45) is 14.1 Å². The molecule has 2 aromatic rings. The molecule has 0 bridgehead atoms. The number of benzene rings is 1. The first-order valence-corrected chi connectivity index (χ1v) is 8.20. The number of aromatic nitrogens is 2. The van der Waals surface area contributed by atoms with Crippen molar-refractivity contribution < 1.29 is 4.39 Å². The van der Waals surface area contributed by atoms with Gasteiger partial charge in [0.2, 0.25) is 0 Å². The first-order chi connectivity index (χ1) is 11.5. The molecule has 0 N–H and O–H groups in total. The molecule has 128 valence electrons. The Bertz CT molecular complexity index is 839. The first-order valence-electron chi connectivity index (χ1n) is 8.20. The third kappa shape index (κ3) is 3.33. The zero-order valence-corrected chi connectivity index (χ0v) is 14.0. The van der Waals surface area contributed by atoms with E-state index in [9.17, 15) is 14.0 Å². The standard InChI is InChI=1S/C18H22FN3O2/c1-20-16(11-17(23)21(2)18(20)24)12-22-9-3-4-15(22)10-13-5-7-14(19)8-6-13/h5-8,11,15H,3-4,9-10,12H2,1-2H3. The molecule has 0 spiro atoms. The number of hydrogen-bond acceptors (Lipinski definition) is 3. The minimum Gasteiger partial charge on any atom is -0.299 e. The summed E-state index contributed by atoms with van der Waals surface area (Å²) in [4.78, 5) is 26.3. The van der Waals surface area contributed by atoms with Gasteiger partial charge in [-0.25, -0.2) is 9.18 Å². The lowest BCUT2D eigenvalue weighted by atomic mass is 10.0. The number of likely N-dealkylation sites (tertiary alicyclic amines) is 1. The van der Waals surface area contributed by atoms with Crippen molar-refractivity contribution in [3.05, 3.63) is 68.2 Å². The molecule has 3 rings (SSSR count). The van der Waals surface area contributed by atoms with Gasteiger partial charge in [-0.1, -0.05) is 12.1 Å². The maximum atomic E-state index is 13.0. The molecule has 1 fully saturated rings. The normalized spacial score (nSPS) is 18.2. The molecule has 0 amide bonds. The summed E-state index contributed by atoms with van der Waals surface area (Å²) in [7, 11) is 3.18. The zero-order chi connectivity index (χ0) is 17.3. The summed E-state index contributed by atoms with van der Waals surface area (Å²) >= 11 is 0. The first kappa shape index (κ1) is 16.6. The lowest BCUT2D eigenvalue weighted by Gasteiger charge is -2.25. The number of nitrogens with zero attached hydrogens (tertiary/aromatic N) is 3. The molecule has 1 atom stereocenters. The molecular formula is C18H22FN3O2. The lowest BCUT2D eigenvalue weighted by Crippen LogP contribution is -2.40. The van der Waals surface area contributed by atoms with Gasteiger partial charge in [0, 0.05) is 38.4 Å². The smallest absolute Gasteiger partial charge is 0.299 e. The number of halogens is 1. The SMILES string of the molecule is Cn1c(CN2CCCC2Cc2ccc(F)cc2)cc(=O)n(C)c1=O. The Kier molecular flexibility index (Phi) is 4.66. The summed E-state index contributed by atoms with van der Waals surface area (Å²) in [6.45, 7) is 1.52. The summed E-state index contributed by atoms with van der Waals surface area (Å²) in [6, 6.07) is 8.49. The van der Waals surface area contributed by atoms with Crippen LogP contribution in [0.4, 0.5) is 4.39 Å². The van der Waals surface area contributed by atoms with Crippen LogP contribution in [0.1, 0.15) is 24.1 Å². The van der Waals surface area contributed by atoms with E-state index < -0.39 is 0 Å². The predicted molar refractivity (Wildman–Crippen MR) is 90.5 cm³/mol. The minimum atomic E-state index is -0.299. The van der Waals surface area contributed by atoms with Gasteiger partial charge in [0.05, 0.1) is 0 Å². The third-order valence-electron chi connectivity index (χ3n) is 4.87. The van der Waals surface area contributed by atoms with E-state index in [1.807, 2.05) is 12.1 Å². The molecule has 0 saturated carbocycles. The highest BCUT2D eigenvalue weighted by Gasteiger charge is 2.25. The summed E-state index contributed by atoms with van der Waals surface area (Å²) in [5, 5.41) is 0. The molecule has 5 nitrogen and oxygen atoms in total. The molecule has 1 aliphatic heterocycles. The van der Waals surface area contributed by atoms with Crippen LogP contribution in [0.15, 0.2) is 39.9 Å². The van der Waals surface area contributed by atoms with Crippen LogP contribution in [-0.2, 0) is 27.1 Å². The van der Waals surface area contributed by atoms with Crippen molar-refractivity contribution >= 4 is 0 Å². The van der Waals surface area contributed by atoms with E-state index in [1.165, 1.54) is 29.8 Å². The fourth-order valence-electron chi connectivity index (χ4n) is 3.37. The van der Waals surface area contributed by atoms with Gasteiger partial charge in [-0.15, -0.1) is 0 Å². The highest BCUT2D eigenvalue weighted by Crippen LogP contribution is 2.23. The monoisotopic (exact) mass is 331 g/mol. The summed E-state index contributed by atoms with van der Waals surface area (Å²) in [5.74, 6) is -0.225. The van der Waals surface area contributed by atoms with Gasteiger partial charge >= 0.3 is 5.69 Å². The fourth-order valence-corrected chi connectivity index (χ4v) is 3.37. The van der Waals surface area contributed by atoms with E-state index >= 15 is 0 Å². The largest absolute Gasteiger partial charge is 0.330 e. The Hall–Kier alpha value is -2.21. The van der Waals surface area contributed by atoms with Gasteiger partial charge in [0.25, 0.3) is 5.56 Å². The minimum absolute atomic E-state index is 0.225. The third-order valence-corrected chi connectivity index (χ3v) is 4.87. The second-order valence-electron chi connectivity index (χ2n) is 6.47. The van der Waals surface area contributed by atoms with E-state index in [-0.39, 0.29) is 17.1 Å². The molecule has 2 heterocycles. The van der Waals surface area contributed by atoms with E-state index in [1.54, 1.807) is 7.05 Å². The molecule has 1 aromatic carbocycles. The van der Waals surface area contributed by atoms with Crippen LogP contribution in [0.2, 0.25) is 0 Å². The van der Waals surface area contributed by atoms with Crippen molar-refractivity contribution in [3.8, 4) is 0 Å². The summed E-state index contributed by atoms with van der Waals surface area (Å²) in [5.41, 5.74) is 1.26. The molecule has 1 unspecified atom stereocenters. The molecular weight excluding hydrogens is 309 g/mol. The van der Waals surface area contributed by atoms with Crippen LogP contribution >= 0.6 is 0 Å². The van der Waals surface area contributed by atoms with Crippen molar-refractivity contribution in [1.29, 1.82) is 0 Å².